The quantitative estimate of drug-likeness (QED) is 0.561. The number of hydrogen-bond acceptors (Lipinski definition) is 2. The molecule has 0 aliphatic heterocycles. The first-order valence-electron chi connectivity index (χ1n) is 5.84. The predicted molar refractivity (Wildman–Crippen MR) is 64.9 cm³/mol. The maximum Gasteiger partial charge on any atom is 0.220 e. The lowest BCUT2D eigenvalue weighted by molar-refractivity contribution is -0.122. The summed E-state index contributed by atoms with van der Waals surface area (Å²) < 4.78 is 13.6. The van der Waals surface area contributed by atoms with E-state index >= 15 is 0 Å². The van der Waals surface area contributed by atoms with Gasteiger partial charge in [-0.25, -0.2) is 4.39 Å². The maximum absolute atomic E-state index is 13.6. The molecule has 0 heterocycles. The minimum Gasteiger partial charge on any atom is -0.296 e. The second kappa shape index (κ2) is 6.28. The zero-order valence-corrected chi connectivity index (χ0v) is 10.2. The fourth-order valence-electron chi connectivity index (χ4n) is 1.49. The van der Waals surface area contributed by atoms with Gasteiger partial charge in [0.05, 0.1) is 0 Å². The van der Waals surface area contributed by atoms with E-state index in [0.29, 0.717) is 6.42 Å². The van der Waals surface area contributed by atoms with Crippen molar-refractivity contribution in [2.45, 2.75) is 39.3 Å². The highest BCUT2D eigenvalue weighted by Crippen LogP contribution is 2.11. The van der Waals surface area contributed by atoms with Gasteiger partial charge < -0.3 is 0 Å². The number of carbonyl (C=O) groups is 2. The summed E-state index contributed by atoms with van der Waals surface area (Å²) in [5.74, 6) is -1.34. The molecule has 0 saturated carbocycles. The van der Waals surface area contributed by atoms with Crippen LogP contribution in [0.25, 0.3) is 0 Å². The number of unbranched alkanes of at least 4 members (excludes halogenated alkanes) is 1. The minimum absolute atomic E-state index is 0.134. The van der Waals surface area contributed by atoms with Crippen molar-refractivity contribution in [2.24, 2.45) is 0 Å². The van der Waals surface area contributed by atoms with E-state index in [1.807, 2.05) is 13.8 Å². The Kier molecular flexibility index (Phi) is 5.01. The third-order valence-corrected chi connectivity index (χ3v) is 2.63. The fourth-order valence-corrected chi connectivity index (χ4v) is 1.49. The van der Waals surface area contributed by atoms with Gasteiger partial charge in [0.15, 0.2) is 5.78 Å². The topological polar surface area (TPSA) is 34.1 Å². The summed E-state index contributed by atoms with van der Waals surface area (Å²) in [6.45, 7) is 3.80. The molecule has 1 unspecified atom stereocenters. The summed E-state index contributed by atoms with van der Waals surface area (Å²) in [7, 11) is 0. The maximum atomic E-state index is 13.6. The van der Waals surface area contributed by atoms with Crippen LogP contribution in [0.3, 0.4) is 0 Å². The predicted octanol–water partition coefficient (Wildman–Crippen LogP) is 3.28. The molecular weight excluding hydrogens is 219 g/mol. The van der Waals surface area contributed by atoms with E-state index in [9.17, 15) is 14.0 Å². The molecule has 1 aromatic carbocycles. The second-order valence-corrected chi connectivity index (χ2v) is 4.16. The Bertz CT molecular complexity index is 395. The molecule has 3 heteroatoms. The van der Waals surface area contributed by atoms with Crippen molar-refractivity contribution < 1.29 is 14.0 Å². The number of carbonyl (C=O) groups excluding carboxylic acids is 2. The van der Waals surface area contributed by atoms with Crippen molar-refractivity contribution in [3.05, 3.63) is 35.4 Å². The summed E-state index contributed by atoms with van der Waals surface area (Å²) in [5.41, 5.74) is 1.25. The van der Waals surface area contributed by atoms with E-state index in [-0.39, 0.29) is 12.0 Å². The standard InChI is InChI=1S/C14H17FO2/c1-3-4-5-12(16)13(15)14(17)11-8-6-10(2)7-9-11/h6-9,13H,3-5H2,1-2H3. The summed E-state index contributed by atoms with van der Waals surface area (Å²) in [6, 6.07) is 6.57. The Morgan fingerprint density at radius 1 is 1.24 bits per heavy atom. The Hall–Kier alpha value is -1.51. The van der Waals surface area contributed by atoms with Gasteiger partial charge >= 0.3 is 0 Å². The normalized spacial score (nSPS) is 12.2. The van der Waals surface area contributed by atoms with E-state index in [4.69, 9.17) is 0 Å². The molecule has 0 N–H and O–H groups in total. The van der Waals surface area contributed by atoms with Crippen LogP contribution in [0.15, 0.2) is 24.3 Å². The van der Waals surface area contributed by atoms with Crippen molar-refractivity contribution in [3.8, 4) is 0 Å². The van der Waals surface area contributed by atoms with Gasteiger partial charge in [-0.1, -0.05) is 43.2 Å². The summed E-state index contributed by atoms with van der Waals surface area (Å²) in [6.07, 6.45) is -0.434. The van der Waals surface area contributed by atoms with Gasteiger partial charge in [0.1, 0.15) is 0 Å². The van der Waals surface area contributed by atoms with Gasteiger partial charge in [0.2, 0.25) is 12.0 Å². The van der Waals surface area contributed by atoms with Crippen LogP contribution in [0.2, 0.25) is 0 Å². The van der Waals surface area contributed by atoms with Crippen LogP contribution in [0.1, 0.15) is 42.1 Å². The van der Waals surface area contributed by atoms with E-state index in [1.165, 1.54) is 0 Å². The molecule has 0 saturated heterocycles. The van der Waals surface area contributed by atoms with Crippen molar-refractivity contribution in [2.75, 3.05) is 0 Å². The molecule has 0 radical (unpaired) electrons. The number of aryl methyl sites for hydroxylation is 1. The molecule has 0 bridgehead atoms. The van der Waals surface area contributed by atoms with Crippen LogP contribution in [0.5, 0.6) is 0 Å². The number of halogens is 1. The van der Waals surface area contributed by atoms with Crippen LogP contribution >= 0.6 is 0 Å². The fraction of sp³-hybridized carbons (Fsp3) is 0.429. The lowest BCUT2D eigenvalue weighted by Gasteiger charge is -2.06. The first-order valence-corrected chi connectivity index (χ1v) is 5.84. The number of Topliss-reactive ketones (excluding diaryl/α,β-unsaturated/α-hetero) is 2. The van der Waals surface area contributed by atoms with E-state index in [2.05, 4.69) is 0 Å². The van der Waals surface area contributed by atoms with Crippen LogP contribution in [0.4, 0.5) is 4.39 Å². The van der Waals surface area contributed by atoms with Crippen LogP contribution in [0, 0.1) is 6.92 Å². The average Bonchev–Trinajstić information content (AvgIpc) is 2.35. The Morgan fingerprint density at radius 2 is 1.82 bits per heavy atom. The van der Waals surface area contributed by atoms with Crippen LogP contribution in [-0.4, -0.2) is 17.7 Å². The summed E-state index contributed by atoms with van der Waals surface area (Å²) >= 11 is 0. The Morgan fingerprint density at radius 3 is 2.35 bits per heavy atom. The van der Waals surface area contributed by atoms with Gasteiger partial charge in [0, 0.05) is 12.0 Å². The number of benzene rings is 1. The number of hydrogen-bond donors (Lipinski definition) is 0. The smallest absolute Gasteiger partial charge is 0.220 e. The molecule has 0 aliphatic carbocycles. The Labute approximate surface area is 101 Å². The number of ketones is 2. The van der Waals surface area contributed by atoms with Gasteiger partial charge in [0.25, 0.3) is 0 Å². The third kappa shape index (κ3) is 3.77. The molecular formula is C14H17FO2. The zero-order chi connectivity index (χ0) is 12.8. The molecule has 0 amide bonds. The lowest BCUT2D eigenvalue weighted by atomic mass is 10.0. The highest BCUT2D eigenvalue weighted by atomic mass is 19.1. The largest absolute Gasteiger partial charge is 0.296 e. The van der Waals surface area contributed by atoms with Crippen molar-refractivity contribution in [3.63, 3.8) is 0 Å². The monoisotopic (exact) mass is 236 g/mol. The second-order valence-electron chi connectivity index (χ2n) is 4.16. The van der Waals surface area contributed by atoms with Crippen molar-refractivity contribution in [1.82, 2.24) is 0 Å². The first-order chi connectivity index (χ1) is 8.06. The van der Waals surface area contributed by atoms with Gasteiger partial charge in [-0.3, -0.25) is 9.59 Å². The molecule has 2 nitrogen and oxygen atoms in total. The summed E-state index contributed by atoms with van der Waals surface area (Å²) in [5, 5.41) is 0. The SMILES string of the molecule is CCCCC(=O)C(F)C(=O)c1ccc(C)cc1. The number of alkyl halides is 1. The molecule has 0 spiro atoms. The van der Waals surface area contributed by atoms with Gasteiger partial charge in [-0.05, 0) is 13.3 Å². The van der Waals surface area contributed by atoms with Crippen molar-refractivity contribution >= 4 is 11.6 Å². The molecule has 17 heavy (non-hydrogen) atoms. The van der Waals surface area contributed by atoms with Gasteiger partial charge in [-0.2, -0.15) is 0 Å². The number of rotatable bonds is 6. The first kappa shape index (κ1) is 13.6. The van der Waals surface area contributed by atoms with E-state index in [1.54, 1.807) is 24.3 Å². The Balaban J connectivity index is 2.69. The molecule has 1 rings (SSSR count). The molecule has 0 fully saturated rings. The zero-order valence-electron chi connectivity index (χ0n) is 10.2. The molecule has 1 atom stereocenters. The summed E-state index contributed by atoms with van der Waals surface area (Å²) in [4.78, 5) is 23.1. The molecule has 92 valence electrons. The van der Waals surface area contributed by atoms with Crippen molar-refractivity contribution in [1.29, 1.82) is 0 Å². The molecule has 1 aromatic rings. The molecule has 0 aliphatic rings. The molecule has 0 aromatic heterocycles. The highest BCUT2D eigenvalue weighted by Gasteiger charge is 2.26. The minimum atomic E-state index is -2.01. The van der Waals surface area contributed by atoms with E-state index in [0.717, 1.165) is 12.0 Å². The third-order valence-electron chi connectivity index (χ3n) is 2.63. The highest BCUT2D eigenvalue weighted by molar-refractivity contribution is 6.13. The average molecular weight is 236 g/mol. The van der Waals surface area contributed by atoms with Crippen LogP contribution in [-0.2, 0) is 4.79 Å². The van der Waals surface area contributed by atoms with Crippen LogP contribution < -0.4 is 0 Å². The lowest BCUT2D eigenvalue weighted by Crippen LogP contribution is -2.25. The van der Waals surface area contributed by atoms with E-state index < -0.39 is 17.7 Å². The van der Waals surface area contributed by atoms with Gasteiger partial charge in [-0.15, -0.1) is 0 Å².